The molecule has 0 aromatic rings. The third-order valence-electron chi connectivity index (χ3n) is 4.36. The van der Waals surface area contributed by atoms with Gasteiger partial charge in [-0.1, -0.05) is 20.8 Å². The summed E-state index contributed by atoms with van der Waals surface area (Å²) in [6, 6.07) is -0.476. The van der Waals surface area contributed by atoms with E-state index in [1.165, 1.54) is 0 Å². The zero-order valence-corrected chi connectivity index (χ0v) is 17.2. The van der Waals surface area contributed by atoms with E-state index in [0.29, 0.717) is 19.6 Å². The molecule has 1 heterocycles. The van der Waals surface area contributed by atoms with Gasteiger partial charge in [0.2, 0.25) is 11.8 Å². The summed E-state index contributed by atoms with van der Waals surface area (Å²) in [5, 5.41) is 0. The first-order valence-electron chi connectivity index (χ1n) is 8.25. The number of hydrogen-bond acceptors (Lipinski definition) is 4. The second-order valence-corrected chi connectivity index (χ2v) is 7.01. The van der Waals surface area contributed by atoms with Crippen LogP contribution in [0.5, 0.6) is 0 Å². The van der Waals surface area contributed by atoms with Gasteiger partial charge in [0.15, 0.2) is 0 Å². The zero-order valence-electron chi connectivity index (χ0n) is 15.6. The van der Waals surface area contributed by atoms with Crippen LogP contribution in [-0.4, -0.2) is 78.4 Å². The third kappa shape index (κ3) is 7.13. The van der Waals surface area contributed by atoms with Crippen LogP contribution in [0.4, 0.5) is 0 Å². The van der Waals surface area contributed by atoms with Crippen LogP contribution in [0.25, 0.3) is 0 Å². The second-order valence-electron chi connectivity index (χ2n) is 7.01. The van der Waals surface area contributed by atoms with E-state index in [0.717, 1.165) is 26.2 Å². The highest BCUT2D eigenvalue weighted by Gasteiger charge is 2.32. The second kappa shape index (κ2) is 11.1. The van der Waals surface area contributed by atoms with Gasteiger partial charge in [0.1, 0.15) is 0 Å². The maximum absolute atomic E-state index is 12.4. The molecule has 8 heteroatoms. The Kier molecular flexibility index (Phi) is 11.9. The van der Waals surface area contributed by atoms with E-state index < -0.39 is 6.04 Å². The number of likely N-dealkylation sites (N-methyl/N-ethyl adjacent to an activating group) is 1. The fourth-order valence-electron chi connectivity index (χ4n) is 2.56. The van der Waals surface area contributed by atoms with Gasteiger partial charge < -0.3 is 15.5 Å². The van der Waals surface area contributed by atoms with Gasteiger partial charge >= 0.3 is 0 Å². The quantitative estimate of drug-likeness (QED) is 0.773. The molecule has 1 atom stereocenters. The fourth-order valence-corrected chi connectivity index (χ4v) is 2.56. The van der Waals surface area contributed by atoms with Crippen molar-refractivity contribution in [3.63, 3.8) is 0 Å². The smallest absolute Gasteiger partial charge is 0.240 e. The van der Waals surface area contributed by atoms with Crippen molar-refractivity contribution in [1.82, 2.24) is 14.7 Å². The van der Waals surface area contributed by atoms with Crippen LogP contribution >= 0.6 is 24.8 Å². The maximum atomic E-state index is 12.4. The van der Waals surface area contributed by atoms with Crippen molar-refractivity contribution in [2.45, 2.75) is 40.7 Å². The molecule has 0 radical (unpaired) electrons. The summed E-state index contributed by atoms with van der Waals surface area (Å²) in [5.41, 5.74) is 5.82. The average Bonchev–Trinajstić information content (AvgIpc) is 2.46. The van der Waals surface area contributed by atoms with E-state index in [9.17, 15) is 9.59 Å². The van der Waals surface area contributed by atoms with Gasteiger partial charge in [-0.25, -0.2) is 0 Å². The zero-order chi connectivity index (χ0) is 16.9. The minimum atomic E-state index is -0.476. The molecule has 0 saturated carbocycles. The van der Waals surface area contributed by atoms with E-state index >= 15 is 0 Å². The van der Waals surface area contributed by atoms with E-state index in [1.54, 1.807) is 0 Å². The molecule has 24 heavy (non-hydrogen) atoms. The van der Waals surface area contributed by atoms with E-state index in [-0.39, 0.29) is 42.0 Å². The molecule has 1 rings (SSSR count). The highest BCUT2D eigenvalue weighted by Crippen LogP contribution is 2.19. The number of amides is 2. The van der Waals surface area contributed by atoms with Gasteiger partial charge in [-0.15, -0.1) is 24.8 Å². The lowest BCUT2D eigenvalue weighted by atomic mass is 9.86. The number of hydrogen-bond donors (Lipinski definition) is 1. The minimum Gasteiger partial charge on any atom is -0.342 e. The number of carbonyl (C=O) groups excluding carboxylic acids is 2. The number of halogens is 2. The summed E-state index contributed by atoms with van der Waals surface area (Å²) in [4.78, 5) is 30.3. The van der Waals surface area contributed by atoms with Crippen LogP contribution in [0.3, 0.4) is 0 Å². The Bertz CT molecular complexity index is 390. The Hall–Kier alpha value is -0.560. The Morgan fingerprint density at radius 1 is 1.04 bits per heavy atom. The largest absolute Gasteiger partial charge is 0.342 e. The standard InChI is InChI=1S/C16H32N4O2.2ClH/c1-6-19(7-2)13(21)12-18-8-10-20(11-9-18)15(22)14(17)16(3,4)5;;/h14H,6-12,17H2,1-5H3;2*1H/t14-;;/m1../s1. The molecule has 0 aromatic heterocycles. The monoisotopic (exact) mass is 384 g/mol. The fraction of sp³-hybridized carbons (Fsp3) is 0.875. The normalized spacial score (nSPS) is 16.7. The van der Waals surface area contributed by atoms with E-state index in [2.05, 4.69) is 4.90 Å². The predicted octanol–water partition coefficient (Wildman–Crippen LogP) is 1.22. The number of nitrogens with zero attached hydrogens (tertiary/aromatic N) is 3. The molecular weight excluding hydrogens is 351 g/mol. The van der Waals surface area contributed by atoms with Crippen molar-refractivity contribution in [2.75, 3.05) is 45.8 Å². The molecule has 1 aliphatic rings. The van der Waals surface area contributed by atoms with E-state index in [1.807, 2.05) is 44.4 Å². The first kappa shape index (κ1) is 25.7. The molecule has 0 bridgehead atoms. The highest BCUT2D eigenvalue weighted by atomic mass is 35.5. The van der Waals surface area contributed by atoms with Crippen molar-refractivity contribution in [1.29, 1.82) is 0 Å². The maximum Gasteiger partial charge on any atom is 0.240 e. The topological polar surface area (TPSA) is 69.9 Å². The van der Waals surface area contributed by atoms with Crippen molar-refractivity contribution < 1.29 is 9.59 Å². The Morgan fingerprint density at radius 2 is 1.50 bits per heavy atom. The number of nitrogens with two attached hydrogens (primary N) is 1. The van der Waals surface area contributed by atoms with Crippen LogP contribution in [0.1, 0.15) is 34.6 Å². The molecule has 1 saturated heterocycles. The van der Waals surface area contributed by atoms with Crippen LogP contribution in [0.2, 0.25) is 0 Å². The lowest BCUT2D eigenvalue weighted by molar-refractivity contribution is -0.137. The molecule has 144 valence electrons. The van der Waals surface area contributed by atoms with E-state index in [4.69, 9.17) is 5.73 Å². The summed E-state index contributed by atoms with van der Waals surface area (Å²) < 4.78 is 0. The summed E-state index contributed by atoms with van der Waals surface area (Å²) in [7, 11) is 0. The number of carbonyl (C=O) groups is 2. The number of rotatable bonds is 5. The number of piperazine rings is 1. The van der Waals surface area contributed by atoms with Gasteiger partial charge in [-0.05, 0) is 19.3 Å². The van der Waals surface area contributed by atoms with Crippen LogP contribution in [0, 0.1) is 5.41 Å². The van der Waals surface area contributed by atoms with Crippen molar-refractivity contribution >= 4 is 36.6 Å². The molecule has 6 nitrogen and oxygen atoms in total. The molecular formula is C16H34Cl2N4O2. The first-order valence-corrected chi connectivity index (χ1v) is 8.25. The summed E-state index contributed by atoms with van der Waals surface area (Å²) in [6.07, 6.45) is 0. The van der Waals surface area contributed by atoms with Crippen LogP contribution in [-0.2, 0) is 9.59 Å². The van der Waals surface area contributed by atoms with Gasteiger partial charge in [-0.3, -0.25) is 14.5 Å². The summed E-state index contributed by atoms with van der Waals surface area (Å²) in [5.74, 6) is 0.179. The molecule has 0 spiro atoms. The van der Waals surface area contributed by atoms with Gasteiger partial charge in [-0.2, -0.15) is 0 Å². The lowest BCUT2D eigenvalue weighted by Crippen LogP contribution is -2.57. The first-order chi connectivity index (χ1) is 10.2. The predicted molar refractivity (Wildman–Crippen MR) is 103 cm³/mol. The van der Waals surface area contributed by atoms with Crippen LogP contribution < -0.4 is 5.73 Å². The Balaban J connectivity index is 0. The molecule has 2 amide bonds. The van der Waals surface area contributed by atoms with Crippen molar-refractivity contribution in [3.8, 4) is 0 Å². The SMILES string of the molecule is CCN(CC)C(=O)CN1CCN(C(=O)[C@@H](N)C(C)(C)C)CC1.Cl.Cl. The molecule has 1 aliphatic heterocycles. The van der Waals surface area contributed by atoms with Crippen molar-refractivity contribution in [2.24, 2.45) is 11.1 Å². The molecule has 0 aromatic carbocycles. The molecule has 0 aliphatic carbocycles. The van der Waals surface area contributed by atoms with Gasteiger partial charge in [0.25, 0.3) is 0 Å². The lowest BCUT2D eigenvalue weighted by Gasteiger charge is -2.38. The average molecular weight is 385 g/mol. The van der Waals surface area contributed by atoms with Gasteiger partial charge in [0.05, 0.1) is 12.6 Å². The molecule has 0 unspecified atom stereocenters. The van der Waals surface area contributed by atoms with Crippen LogP contribution in [0.15, 0.2) is 0 Å². The molecule has 1 fully saturated rings. The summed E-state index contributed by atoms with van der Waals surface area (Å²) >= 11 is 0. The van der Waals surface area contributed by atoms with Gasteiger partial charge in [0, 0.05) is 39.3 Å². The third-order valence-corrected chi connectivity index (χ3v) is 4.36. The Morgan fingerprint density at radius 3 is 1.88 bits per heavy atom. The molecule has 2 N–H and O–H groups in total. The van der Waals surface area contributed by atoms with Crippen molar-refractivity contribution in [3.05, 3.63) is 0 Å². The summed E-state index contributed by atoms with van der Waals surface area (Å²) in [6.45, 7) is 14.6. The minimum absolute atomic E-state index is 0. The highest BCUT2D eigenvalue weighted by molar-refractivity contribution is 5.85. The Labute approximate surface area is 158 Å².